The first-order valence-corrected chi connectivity index (χ1v) is 24.5. The van der Waals surface area contributed by atoms with E-state index in [1.54, 1.807) is 72.8 Å². The van der Waals surface area contributed by atoms with E-state index in [0.717, 1.165) is 44.6 Å². The van der Waals surface area contributed by atoms with Gasteiger partial charge in [-0.3, -0.25) is 33.6 Å². The van der Waals surface area contributed by atoms with E-state index < -0.39 is 109 Å². The average Bonchev–Trinajstić information content (AvgIpc) is 3.34. The number of esters is 5. The van der Waals surface area contributed by atoms with Crippen molar-refractivity contribution in [2.45, 2.75) is 122 Å². The Kier molecular flexibility index (Phi) is 27.8. The molecule has 19 nitrogen and oxygen atoms in total. The Morgan fingerprint density at radius 3 is 1.25 bits per heavy atom. The third-order valence-electron chi connectivity index (χ3n) is 12.8. The van der Waals surface area contributed by atoms with Crippen LogP contribution >= 0.6 is 23.2 Å². The van der Waals surface area contributed by atoms with Crippen molar-refractivity contribution in [3.05, 3.63) is 139 Å². The molecular formula is C55H65Cl2NaO19. The monoisotopic (exact) mass is 1120 g/mol. The third-order valence-corrected chi connectivity index (χ3v) is 13.6. The molecule has 22 heteroatoms. The Morgan fingerprint density at radius 1 is 0.468 bits per heavy atom. The summed E-state index contributed by atoms with van der Waals surface area (Å²) >= 11 is 12.9. The van der Waals surface area contributed by atoms with Crippen LogP contribution in [-0.4, -0.2) is 147 Å². The van der Waals surface area contributed by atoms with Gasteiger partial charge in [-0.15, -0.1) is 0 Å². The number of hydrogen-bond donors (Lipinski definition) is 6. The Bertz CT molecular complexity index is 2650. The van der Waals surface area contributed by atoms with E-state index in [1.165, 1.54) is 27.7 Å². The number of carbonyl (C=O) groups is 7. The van der Waals surface area contributed by atoms with Crippen molar-refractivity contribution in [3.63, 3.8) is 0 Å². The van der Waals surface area contributed by atoms with Gasteiger partial charge in [0, 0.05) is 74.7 Å². The second kappa shape index (κ2) is 31.5. The van der Waals surface area contributed by atoms with Gasteiger partial charge in [0.05, 0.1) is 36.8 Å². The number of ether oxygens (including phenoxy) is 5. The molecule has 2 saturated carbocycles. The van der Waals surface area contributed by atoms with Crippen LogP contribution in [0, 0.1) is 11.8 Å². The maximum absolute atomic E-state index is 12.5. The summed E-state index contributed by atoms with van der Waals surface area (Å²) in [6.45, 7) is 7.87. The van der Waals surface area contributed by atoms with E-state index in [9.17, 15) is 59.1 Å². The number of aliphatic hydroxyl groups is 6. The quantitative estimate of drug-likeness (QED) is 0.0428. The fraction of sp³-hybridized carbons (Fsp3) is 0.436. The second-order valence-corrected chi connectivity index (χ2v) is 19.0. The first-order chi connectivity index (χ1) is 35.4. The van der Waals surface area contributed by atoms with E-state index in [0.29, 0.717) is 50.7 Å². The van der Waals surface area contributed by atoms with Crippen LogP contribution in [0.2, 0.25) is 10.0 Å². The van der Waals surface area contributed by atoms with Crippen LogP contribution in [0.4, 0.5) is 0 Å². The molecule has 7 N–H and O–H groups in total. The Hall–Kier alpha value is -5.13. The molecule has 4 aromatic carbocycles. The molecule has 77 heavy (non-hydrogen) atoms. The van der Waals surface area contributed by atoms with Crippen molar-refractivity contribution in [1.82, 2.24) is 0 Å². The van der Waals surface area contributed by atoms with Gasteiger partial charge in [-0.25, -0.2) is 0 Å². The number of benzene rings is 4. The molecule has 0 unspecified atom stereocenters. The van der Waals surface area contributed by atoms with Crippen molar-refractivity contribution in [2.24, 2.45) is 11.8 Å². The second-order valence-electron chi connectivity index (χ2n) is 18.2. The van der Waals surface area contributed by atoms with Crippen molar-refractivity contribution < 1.29 is 123 Å². The van der Waals surface area contributed by atoms with Gasteiger partial charge in [0.15, 0.2) is 29.9 Å². The van der Waals surface area contributed by atoms with Crippen molar-refractivity contribution in [2.75, 3.05) is 20.3 Å². The summed E-state index contributed by atoms with van der Waals surface area (Å²) < 4.78 is 28.0. The van der Waals surface area contributed by atoms with Gasteiger partial charge < -0.3 is 59.8 Å². The van der Waals surface area contributed by atoms with Crippen LogP contribution < -0.4 is 29.6 Å². The maximum atomic E-state index is 12.5. The van der Waals surface area contributed by atoms with Gasteiger partial charge >= 0.3 is 59.4 Å². The van der Waals surface area contributed by atoms with E-state index in [2.05, 4.69) is 0 Å². The minimum Gasteiger partial charge on any atom is -0.870 e. The Morgan fingerprint density at radius 2 is 0.857 bits per heavy atom. The molecule has 0 bridgehead atoms. The molecule has 2 aliphatic rings. The van der Waals surface area contributed by atoms with Crippen LogP contribution in [0.1, 0.15) is 114 Å². The predicted octanol–water partition coefficient (Wildman–Crippen LogP) is 1.86. The largest absolute Gasteiger partial charge is 1.00 e. The molecule has 0 saturated heterocycles. The van der Waals surface area contributed by atoms with E-state index in [-0.39, 0.29) is 53.2 Å². The third kappa shape index (κ3) is 18.2. The van der Waals surface area contributed by atoms with E-state index in [4.69, 9.17) is 52.0 Å². The summed E-state index contributed by atoms with van der Waals surface area (Å²) in [5.41, 5.74) is 5.41. The summed E-state index contributed by atoms with van der Waals surface area (Å²) in [7, 11) is 1.00. The molecule has 0 spiro atoms. The number of rotatable bonds is 15. The molecule has 6 rings (SSSR count). The zero-order valence-electron chi connectivity index (χ0n) is 44.1. The number of Topliss-reactive ketones (excluding diaryl/α,β-unsaturated/α-hetero) is 2. The average molecular weight is 1120 g/mol. The summed E-state index contributed by atoms with van der Waals surface area (Å²) in [5, 5.41) is 58.7. The standard InChI is InChI=1S/C32H35ClO11.C22H25ClO6.CH4O.Na.H2O/c1-16(34)23-9-7-22(8-10-23)13-25-14-24(11-12-27(25)33)28-29(41-18(3)36)26(15-40-17(2)35)30(42-19(4)37)32(44-21(6)39)31(28)43-20(5)38;1-11(25)13-4-2-12(3-5-13)8-15-9-14(6-7-17(15)23)18-19(26)16(10-24)20(27)22(29)21(18)28;1-2;;/h7-12,14,26,28-32H,13,15H2,1-6H3;2-7,9,16,18-22,24,26-29H,8,10H2,1H3;2H,1H3;;1H2/q;;;+1;/p-1/t26-,28+,29-,30+,31-,32-;16-,18+,19-,20+,21-,22-;;;/m00.../s1. The first kappa shape index (κ1) is 68.0. The van der Waals surface area contributed by atoms with Crippen molar-refractivity contribution >= 4 is 64.6 Å². The normalized spacial score (nSPS) is 24.2. The van der Waals surface area contributed by atoms with Crippen molar-refractivity contribution in [3.8, 4) is 0 Å². The number of ketones is 2. The van der Waals surface area contributed by atoms with Gasteiger partial charge in [-0.05, 0) is 72.2 Å². The van der Waals surface area contributed by atoms with Gasteiger partial charge in [0.2, 0.25) is 0 Å². The zero-order chi connectivity index (χ0) is 56.0. The van der Waals surface area contributed by atoms with Crippen LogP contribution in [-0.2, 0) is 60.5 Å². The van der Waals surface area contributed by atoms with Crippen molar-refractivity contribution in [1.29, 1.82) is 0 Å². The predicted molar refractivity (Wildman–Crippen MR) is 274 cm³/mol. The smallest absolute Gasteiger partial charge is 0.870 e. The molecule has 0 radical (unpaired) electrons. The van der Waals surface area contributed by atoms with Crippen LogP contribution in [0.5, 0.6) is 0 Å². The molecular weight excluding hydrogens is 1060 g/mol. The summed E-state index contributed by atoms with van der Waals surface area (Å²) in [5.74, 6) is -7.59. The fourth-order valence-corrected chi connectivity index (χ4v) is 9.76. The summed E-state index contributed by atoms with van der Waals surface area (Å²) in [6.07, 6.45) is -9.90. The minimum absolute atomic E-state index is 0. The molecule has 2 fully saturated rings. The van der Waals surface area contributed by atoms with Gasteiger partial charge in [0.1, 0.15) is 18.8 Å². The Balaban J connectivity index is 0.000000534. The molecule has 4 aromatic rings. The van der Waals surface area contributed by atoms with Crippen LogP contribution in [0.25, 0.3) is 0 Å². The van der Waals surface area contributed by atoms with Crippen LogP contribution in [0.15, 0.2) is 84.9 Å². The Labute approximate surface area is 478 Å². The number of halogens is 2. The topological polar surface area (TPSA) is 317 Å². The molecule has 0 aliphatic heterocycles. The molecule has 0 heterocycles. The van der Waals surface area contributed by atoms with E-state index in [1.807, 2.05) is 12.1 Å². The van der Waals surface area contributed by atoms with Gasteiger partial charge in [-0.1, -0.05) is 96.0 Å². The number of aliphatic hydroxyl groups excluding tert-OH is 6. The molecule has 12 atom stereocenters. The minimum atomic E-state index is -1.49. The first-order valence-electron chi connectivity index (χ1n) is 23.8. The molecule has 0 amide bonds. The summed E-state index contributed by atoms with van der Waals surface area (Å²) in [6, 6.07) is 24.3. The SMILES string of the molecule is CC(=O)OC[C@@H]1[C@@H](OC(C)=O)[C@H](OC(C)=O)[C@@H](OC(C)=O)[C@H](c2ccc(Cl)c(Cc3ccc(C(C)=O)cc3)c2)[C@H]1OC(C)=O.CC(=O)c1ccc(Cc2cc([C@H]3[C@H](O)[C@@H](O)[C@H](O)[C@@H](CO)[C@@H]3O)ccc2Cl)cc1.CO.[Na+].[OH-]. The van der Waals surface area contributed by atoms with Crippen LogP contribution in [0.3, 0.4) is 0 Å². The molecule has 414 valence electrons. The summed E-state index contributed by atoms with van der Waals surface area (Å²) in [4.78, 5) is 84.4. The number of carbonyl (C=O) groups excluding carboxylic acids is 7. The maximum Gasteiger partial charge on any atom is 1.00 e. The van der Waals surface area contributed by atoms with Gasteiger partial charge in [-0.2, -0.15) is 0 Å². The zero-order valence-corrected chi connectivity index (χ0v) is 47.6. The fourth-order valence-electron chi connectivity index (χ4n) is 9.39. The molecule has 0 aromatic heterocycles. The molecule has 2 aliphatic carbocycles. The number of hydrogen-bond acceptors (Lipinski definition) is 19. The van der Waals surface area contributed by atoms with Gasteiger partial charge in [0.25, 0.3) is 0 Å². The van der Waals surface area contributed by atoms with E-state index >= 15 is 0 Å².